The summed E-state index contributed by atoms with van der Waals surface area (Å²) in [5, 5.41) is 10.8. The molecule has 4 nitrogen and oxygen atoms in total. The molecule has 1 unspecified atom stereocenters. The van der Waals surface area contributed by atoms with Gasteiger partial charge in [0.25, 0.3) is 0 Å². The molecule has 32 heavy (non-hydrogen) atoms. The highest BCUT2D eigenvalue weighted by atomic mass is 16.6. The van der Waals surface area contributed by atoms with Crippen molar-refractivity contribution in [2.45, 2.75) is 37.6 Å². The highest BCUT2D eigenvalue weighted by Gasteiger charge is 2.38. The van der Waals surface area contributed by atoms with Crippen molar-refractivity contribution in [2.75, 3.05) is 0 Å². The van der Waals surface area contributed by atoms with E-state index in [1.54, 1.807) is 6.26 Å². The van der Waals surface area contributed by atoms with E-state index in [1.807, 2.05) is 97.1 Å². The number of benzene rings is 3. The van der Waals surface area contributed by atoms with Gasteiger partial charge < -0.3 is 19.3 Å². The fraction of sp³-hybridized carbons (Fsp3) is 0.214. The average molecular weight is 427 g/mol. The molecular weight excluding hydrogens is 400 g/mol. The molecule has 0 fully saturated rings. The van der Waals surface area contributed by atoms with Crippen LogP contribution in [-0.4, -0.2) is 29.5 Å². The SMILES string of the molecule is OC(C#Cc1ccccc1)[C@H]1OC=C[C@@H](OCc2ccccc2)[C@@H]1OCc1ccccc1. The Hall–Kier alpha value is -3.36. The van der Waals surface area contributed by atoms with Gasteiger partial charge in [-0.1, -0.05) is 90.7 Å². The van der Waals surface area contributed by atoms with E-state index in [4.69, 9.17) is 14.2 Å². The molecule has 0 aliphatic carbocycles. The Morgan fingerprint density at radius 1 is 0.781 bits per heavy atom. The van der Waals surface area contributed by atoms with Gasteiger partial charge in [0.05, 0.1) is 19.5 Å². The van der Waals surface area contributed by atoms with E-state index in [0.29, 0.717) is 13.2 Å². The Labute approximate surface area is 189 Å². The molecule has 1 N–H and O–H groups in total. The summed E-state index contributed by atoms with van der Waals surface area (Å²) < 4.78 is 18.2. The van der Waals surface area contributed by atoms with Crippen molar-refractivity contribution in [3.8, 4) is 11.8 Å². The van der Waals surface area contributed by atoms with Crippen LogP contribution in [0.2, 0.25) is 0 Å². The zero-order chi connectivity index (χ0) is 22.0. The maximum atomic E-state index is 10.8. The number of hydrogen-bond donors (Lipinski definition) is 1. The second kappa shape index (κ2) is 11.3. The summed E-state index contributed by atoms with van der Waals surface area (Å²) >= 11 is 0. The summed E-state index contributed by atoms with van der Waals surface area (Å²) in [6.07, 6.45) is 0.766. The molecule has 1 heterocycles. The average Bonchev–Trinajstić information content (AvgIpc) is 2.86. The lowest BCUT2D eigenvalue weighted by molar-refractivity contribution is -0.149. The molecular formula is C28H26O4. The van der Waals surface area contributed by atoms with Crippen molar-refractivity contribution in [1.29, 1.82) is 0 Å². The third-order valence-corrected chi connectivity index (χ3v) is 5.17. The highest BCUT2D eigenvalue weighted by molar-refractivity contribution is 5.35. The Morgan fingerprint density at radius 2 is 1.34 bits per heavy atom. The molecule has 0 radical (unpaired) electrons. The van der Waals surface area contributed by atoms with Crippen molar-refractivity contribution in [3.05, 3.63) is 120 Å². The lowest BCUT2D eigenvalue weighted by Gasteiger charge is -2.35. The Balaban J connectivity index is 1.50. The van der Waals surface area contributed by atoms with Crippen LogP contribution in [-0.2, 0) is 27.4 Å². The molecule has 0 bridgehead atoms. The summed E-state index contributed by atoms with van der Waals surface area (Å²) in [5.74, 6) is 5.91. The maximum Gasteiger partial charge on any atom is 0.164 e. The first kappa shape index (κ1) is 21.9. The van der Waals surface area contributed by atoms with Crippen LogP contribution in [0.15, 0.2) is 103 Å². The lowest BCUT2D eigenvalue weighted by atomic mass is 10.00. The maximum absolute atomic E-state index is 10.8. The van der Waals surface area contributed by atoms with E-state index in [0.717, 1.165) is 16.7 Å². The van der Waals surface area contributed by atoms with Crippen LogP contribution in [0.3, 0.4) is 0 Å². The minimum absolute atomic E-state index is 0.378. The second-order valence-corrected chi connectivity index (χ2v) is 7.53. The topological polar surface area (TPSA) is 47.9 Å². The first-order valence-corrected chi connectivity index (χ1v) is 10.7. The first-order valence-electron chi connectivity index (χ1n) is 10.7. The third kappa shape index (κ3) is 6.09. The van der Waals surface area contributed by atoms with Crippen LogP contribution in [0.5, 0.6) is 0 Å². The van der Waals surface area contributed by atoms with Gasteiger partial charge in [-0.25, -0.2) is 0 Å². The highest BCUT2D eigenvalue weighted by Crippen LogP contribution is 2.24. The van der Waals surface area contributed by atoms with Gasteiger partial charge in [0, 0.05) is 5.56 Å². The first-order chi connectivity index (χ1) is 15.8. The number of rotatable bonds is 7. The third-order valence-electron chi connectivity index (χ3n) is 5.17. The van der Waals surface area contributed by atoms with Gasteiger partial charge in [0.2, 0.25) is 0 Å². The molecule has 162 valence electrons. The molecule has 0 saturated heterocycles. The molecule has 0 amide bonds. The number of aliphatic hydroxyl groups is 1. The molecule has 0 saturated carbocycles. The van der Waals surface area contributed by atoms with E-state index in [1.165, 1.54) is 0 Å². The van der Waals surface area contributed by atoms with Gasteiger partial charge in [-0.2, -0.15) is 0 Å². The van der Waals surface area contributed by atoms with E-state index in [2.05, 4.69) is 11.8 Å². The second-order valence-electron chi connectivity index (χ2n) is 7.53. The van der Waals surface area contributed by atoms with Crippen LogP contribution in [0.4, 0.5) is 0 Å². The molecule has 0 aromatic heterocycles. The molecule has 1 aliphatic rings. The standard InChI is InChI=1S/C28H26O4/c29-25(17-16-22-10-4-1-5-11-22)27-28(32-21-24-14-8-3-9-15-24)26(18-19-30-27)31-20-23-12-6-2-7-13-23/h1-15,18-19,25-29H,20-21H2/t25?,26-,27-,28+/m1/s1. The van der Waals surface area contributed by atoms with Crippen LogP contribution < -0.4 is 0 Å². The Bertz CT molecular complexity index is 1040. The number of ether oxygens (including phenoxy) is 3. The molecule has 0 spiro atoms. The summed E-state index contributed by atoms with van der Waals surface area (Å²) in [6, 6.07) is 29.4. The normalized spacial score (nSPS) is 20.6. The lowest BCUT2D eigenvalue weighted by Crippen LogP contribution is -2.49. The summed E-state index contributed by atoms with van der Waals surface area (Å²) in [4.78, 5) is 0. The quantitative estimate of drug-likeness (QED) is 0.566. The minimum Gasteiger partial charge on any atom is -0.492 e. The largest absolute Gasteiger partial charge is 0.492 e. The van der Waals surface area contributed by atoms with Gasteiger partial charge in [-0.15, -0.1) is 0 Å². The van der Waals surface area contributed by atoms with Crippen LogP contribution in [0, 0.1) is 11.8 Å². The number of aliphatic hydroxyl groups excluding tert-OH is 1. The minimum atomic E-state index is -1.04. The fourth-order valence-electron chi connectivity index (χ4n) is 3.48. The zero-order valence-corrected chi connectivity index (χ0v) is 17.7. The summed E-state index contributed by atoms with van der Waals surface area (Å²) in [6.45, 7) is 0.808. The van der Waals surface area contributed by atoms with E-state index in [-0.39, 0.29) is 6.10 Å². The smallest absolute Gasteiger partial charge is 0.164 e. The Morgan fingerprint density at radius 3 is 1.97 bits per heavy atom. The molecule has 4 atom stereocenters. The fourth-order valence-corrected chi connectivity index (χ4v) is 3.48. The molecule has 1 aliphatic heterocycles. The summed E-state index contributed by atoms with van der Waals surface area (Å²) in [7, 11) is 0. The van der Waals surface area contributed by atoms with Crippen molar-refractivity contribution in [3.63, 3.8) is 0 Å². The van der Waals surface area contributed by atoms with Crippen molar-refractivity contribution >= 4 is 0 Å². The van der Waals surface area contributed by atoms with E-state index < -0.39 is 18.3 Å². The van der Waals surface area contributed by atoms with E-state index >= 15 is 0 Å². The summed E-state index contributed by atoms with van der Waals surface area (Å²) in [5.41, 5.74) is 2.93. The van der Waals surface area contributed by atoms with Gasteiger partial charge in [0.15, 0.2) is 12.2 Å². The zero-order valence-electron chi connectivity index (χ0n) is 17.7. The van der Waals surface area contributed by atoms with Gasteiger partial charge >= 0.3 is 0 Å². The van der Waals surface area contributed by atoms with Crippen LogP contribution in [0.1, 0.15) is 16.7 Å². The van der Waals surface area contributed by atoms with Gasteiger partial charge in [0.1, 0.15) is 12.2 Å². The van der Waals surface area contributed by atoms with Gasteiger partial charge in [-0.3, -0.25) is 0 Å². The predicted octanol–water partition coefficient (Wildman–Crippen LogP) is 4.48. The monoisotopic (exact) mass is 426 g/mol. The molecule has 3 aromatic rings. The van der Waals surface area contributed by atoms with Crippen molar-refractivity contribution < 1.29 is 19.3 Å². The number of hydrogen-bond acceptors (Lipinski definition) is 4. The Kier molecular flexibility index (Phi) is 7.73. The predicted molar refractivity (Wildman–Crippen MR) is 123 cm³/mol. The van der Waals surface area contributed by atoms with E-state index in [9.17, 15) is 5.11 Å². The molecule has 4 rings (SSSR count). The van der Waals surface area contributed by atoms with Crippen molar-refractivity contribution in [1.82, 2.24) is 0 Å². The van der Waals surface area contributed by atoms with Crippen molar-refractivity contribution in [2.24, 2.45) is 0 Å². The van der Waals surface area contributed by atoms with Gasteiger partial charge in [-0.05, 0) is 29.3 Å². The molecule has 3 aromatic carbocycles. The molecule has 4 heteroatoms. The van der Waals surface area contributed by atoms with Crippen LogP contribution >= 0.6 is 0 Å². The van der Waals surface area contributed by atoms with Crippen LogP contribution in [0.25, 0.3) is 0 Å².